The van der Waals surface area contributed by atoms with Crippen LogP contribution >= 0.6 is 11.6 Å². The second kappa shape index (κ2) is 9.79. The van der Waals surface area contributed by atoms with Crippen molar-refractivity contribution in [2.45, 2.75) is 18.9 Å². The second-order valence-corrected chi connectivity index (χ2v) is 8.54. The summed E-state index contributed by atoms with van der Waals surface area (Å²) in [7, 11) is 3.36. The number of nitrogens with zero attached hydrogens (tertiary/aromatic N) is 2. The van der Waals surface area contributed by atoms with Crippen LogP contribution in [0, 0.1) is 5.92 Å². The van der Waals surface area contributed by atoms with Crippen LogP contribution in [-0.2, 0) is 16.0 Å². The van der Waals surface area contributed by atoms with Crippen molar-refractivity contribution in [1.29, 1.82) is 0 Å². The molecule has 1 fully saturated rings. The lowest BCUT2D eigenvalue weighted by atomic mass is 9.83. The van der Waals surface area contributed by atoms with Gasteiger partial charge in [0.1, 0.15) is 5.75 Å². The van der Waals surface area contributed by atoms with E-state index in [0.29, 0.717) is 18.2 Å². The minimum Gasteiger partial charge on any atom is -0.495 e. The number of amides is 1. The molecular formula is C24H30ClN3O3. The number of ether oxygens (including phenoxy) is 2. The van der Waals surface area contributed by atoms with Crippen LogP contribution in [-0.4, -0.2) is 59.0 Å². The lowest BCUT2D eigenvalue weighted by Gasteiger charge is -2.49. The van der Waals surface area contributed by atoms with Crippen LogP contribution < -0.4 is 19.9 Å². The number of para-hydroxylation sites is 1. The molecule has 2 aromatic carbocycles. The zero-order valence-electron chi connectivity index (χ0n) is 18.1. The van der Waals surface area contributed by atoms with E-state index in [0.717, 1.165) is 43.9 Å². The minimum absolute atomic E-state index is 0.0785. The molecule has 7 heteroatoms. The maximum absolute atomic E-state index is 13.2. The van der Waals surface area contributed by atoms with Gasteiger partial charge in [0.15, 0.2) is 0 Å². The summed E-state index contributed by atoms with van der Waals surface area (Å²) >= 11 is 6.29. The number of carbonyl (C=O) groups is 1. The average molecular weight is 444 g/mol. The average Bonchev–Trinajstić information content (AvgIpc) is 2.80. The van der Waals surface area contributed by atoms with Crippen molar-refractivity contribution < 1.29 is 14.3 Å². The molecule has 6 nitrogen and oxygen atoms in total. The molecule has 1 saturated heterocycles. The third-order valence-electron chi connectivity index (χ3n) is 6.27. The number of nitrogens with one attached hydrogen (secondary N) is 1. The summed E-state index contributed by atoms with van der Waals surface area (Å²) in [5, 5.41) is 3.81. The first kappa shape index (κ1) is 21.8. The Kier molecular flexibility index (Phi) is 6.88. The van der Waals surface area contributed by atoms with Crippen LogP contribution in [0.2, 0.25) is 5.02 Å². The third-order valence-corrected chi connectivity index (χ3v) is 6.50. The van der Waals surface area contributed by atoms with E-state index in [-0.39, 0.29) is 17.9 Å². The minimum atomic E-state index is -0.120. The van der Waals surface area contributed by atoms with Gasteiger partial charge in [0.05, 0.1) is 24.8 Å². The molecule has 0 unspecified atom stereocenters. The Morgan fingerprint density at radius 1 is 1.16 bits per heavy atom. The lowest BCUT2D eigenvalue weighted by Crippen LogP contribution is -2.61. The molecule has 0 aliphatic carbocycles. The van der Waals surface area contributed by atoms with Gasteiger partial charge < -0.3 is 24.6 Å². The fourth-order valence-corrected chi connectivity index (χ4v) is 4.91. The van der Waals surface area contributed by atoms with E-state index in [9.17, 15) is 4.79 Å². The van der Waals surface area contributed by atoms with Gasteiger partial charge in [-0.1, -0.05) is 29.8 Å². The van der Waals surface area contributed by atoms with E-state index < -0.39 is 0 Å². The number of benzene rings is 2. The zero-order chi connectivity index (χ0) is 21.8. The number of anilines is 2. The Bertz CT molecular complexity index is 923. The summed E-state index contributed by atoms with van der Waals surface area (Å²) < 4.78 is 10.7. The maximum atomic E-state index is 13.2. The van der Waals surface area contributed by atoms with Crippen molar-refractivity contribution in [3.05, 3.63) is 53.1 Å². The summed E-state index contributed by atoms with van der Waals surface area (Å²) in [6.07, 6.45) is 1.56. The molecule has 1 N–H and O–H groups in total. The normalized spacial score (nSPS) is 20.1. The molecule has 2 heterocycles. The summed E-state index contributed by atoms with van der Waals surface area (Å²) in [6, 6.07) is 14.2. The fourth-order valence-electron chi connectivity index (χ4n) is 4.75. The molecule has 2 aliphatic rings. The topological polar surface area (TPSA) is 54.0 Å². The summed E-state index contributed by atoms with van der Waals surface area (Å²) in [4.78, 5) is 17.9. The van der Waals surface area contributed by atoms with Crippen LogP contribution in [0.3, 0.4) is 0 Å². The van der Waals surface area contributed by atoms with E-state index in [1.54, 1.807) is 14.2 Å². The molecule has 2 aliphatic heterocycles. The number of hydrogen-bond acceptors (Lipinski definition) is 5. The molecular weight excluding hydrogens is 414 g/mol. The number of hydrogen-bond donors (Lipinski definition) is 1. The molecule has 31 heavy (non-hydrogen) atoms. The molecule has 2 aromatic rings. The van der Waals surface area contributed by atoms with Gasteiger partial charge in [-0.15, -0.1) is 0 Å². The highest BCUT2D eigenvalue weighted by Gasteiger charge is 2.41. The van der Waals surface area contributed by atoms with E-state index in [1.165, 1.54) is 11.3 Å². The molecule has 4 rings (SSSR count). The highest BCUT2D eigenvalue weighted by molar-refractivity contribution is 6.30. The van der Waals surface area contributed by atoms with Crippen LogP contribution in [0.25, 0.3) is 0 Å². The number of carbonyl (C=O) groups excluding carboxylic acids is 1. The first-order valence-electron chi connectivity index (χ1n) is 10.8. The Labute approximate surface area is 189 Å². The molecule has 1 amide bonds. The van der Waals surface area contributed by atoms with Crippen LogP contribution in [0.5, 0.6) is 5.75 Å². The largest absolute Gasteiger partial charge is 0.495 e. The summed E-state index contributed by atoms with van der Waals surface area (Å²) in [6.45, 7) is 3.69. The number of rotatable bonds is 7. The zero-order valence-corrected chi connectivity index (χ0v) is 18.9. The third kappa shape index (κ3) is 4.60. The fraction of sp³-hybridized carbons (Fsp3) is 0.458. The second-order valence-electron chi connectivity index (χ2n) is 8.10. The van der Waals surface area contributed by atoms with Gasteiger partial charge >= 0.3 is 0 Å². The molecule has 0 bridgehead atoms. The van der Waals surface area contributed by atoms with Crippen LogP contribution in [0.1, 0.15) is 12.0 Å². The van der Waals surface area contributed by atoms with E-state index >= 15 is 0 Å². The van der Waals surface area contributed by atoms with Gasteiger partial charge in [0.2, 0.25) is 5.91 Å². The summed E-state index contributed by atoms with van der Waals surface area (Å²) in [5.74, 6) is 0.792. The highest BCUT2D eigenvalue weighted by Crippen LogP contribution is 2.39. The Morgan fingerprint density at radius 2 is 2.00 bits per heavy atom. The SMILES string of the molecule is COCCCNC(=O)[C@H]1Cc2ccccc2N2CCN(c3cc(Cl)ccc3OC)C[C@@H]12. The van der Waals surface area contributed by atoms with Crippen molar-refractivity contribution in [2.24, 2.45) is 5.92 Å². The van der Waals surface area contributed by atoms with Crippen molar-refractivity contribution in [1.82, 2.24) is 5.32 Å². The number of methoxy groups -OCH3 is 2. The molecule has 0 saturated carbocycles. The number of halogens is 1. The van der Waals surface area contributed by atoms with E-state index in [4.69, 9.17) is 21.1 Å². The Hall–Kier alpha value is -2.44. The monoisotopic (exact) mass is 443 g/mol. The first-order valence-corrected chi connectivity index (χ1v) is 11.2. The smallest absolute Gasteiger partial charge is 0.225 e. The van der Waals surface area contributed by atoms with Crippen LogP contribution in [0.15, 0.2) is 42.5 Å². The van der Waals surface area contributed by atoms with Gasteiger partial charge in [0.25, 0.3) is 0 Å². The Balaban J connectivity index is 1.60. The highest BCUT2D eigenvalue weighted by atomic mass is 35.5. The van der Waals surface area contributed by atoms with Crippen molar-refractivity contribution in [3.63, 3.8) is 0 Å². The van der Waals surface area contributed by atoms with Crippen molar-refractivity contribution in [2.75, 3.05) is 56.8 Å². The first-order chi connectivity index (χ1) is 15.1. The van der Waals surface area contributed by atoms with Gasteiger partial charge in [-0.05, 0) is 42.7 Å². The van der Waals surface area contributed by atoms with Crippen molar-refractivity contribution in [3.8, 4) is 5.75 Å². The predicted molar refractivity (Wildman–Crippen MR) is 124 cm³/mol. The molecule has 2 atom stereocenters. The quantitative estimate of drug-likeness (QED) is 0.665. The molecule has 0 aromatic heterocycles. The Morgan fingerprint density at radius 3 is 2.81 bits per heavy atom. The van der Waals surface area contributed by atoms with Gasteiger partial charge in [-0.3, -0.25) is 4.79 Å². The summed E-state index contributed by atoms with van der Waals surface area (Å²) in [5.41, 5.74) is 3.46. The van der Waals surface area contributed by atoms with Gasteiger partial charge in [-0.25, -0.2) is 0 Å². The predicted octanol–water partition coefficient (Wildman–Crippen LogP) is 3.37. The van der Waals surface area contributed by atoms with Gasteiger partial charge in [-0.2, -0.15) is 0 Å². The van der Waals surface area contributed by atoms with Crippen LogP contribution in [0.4, 0.5) is 11.4 Å². The molecule has 166 valence electrons. The van der Waals surface area contributed by atoms with Gasteiger partial charge in [0, 0.05) is 50.6 Å². The molecule has 0 spiro atoms. The molecule has 0 radical (unpaired) electrons. The van der Waals surface area contributed by atoms with E-state index in [2.05, 4.69) is 39.4 Å². The van der Waals surface area contributed by atoms with Crippen molar-refractivity contribution >= 4 is 28.9 Å². The lowest BCUT2D eigenvalue weighted by molar-refractivity contribution is -0.125. The standard InChI is InChI=1S/C24H30ClN3O3/c1-30-13-5-10-26-24(29)19-14-17-6-3-4-7-20(17)28-12-11-27(16-22(19)28)21-15-18(25)8-9-23(21)31-2/h3-4,6-9,15,19,22H,5,10-14,16H2,1-2H3,(H,26,29)/t19-,22-/m0/s1. The van der Waals surface area contributed by atoms with E-state index in [1.807, 2.05) is 18.2 Å². The number of fused-ring (bicyclic) bond motifs is 3. The maximum Gasteiger partial charge on any atom is 0.225 e. The number of piperazine rings is 1.